The lowest BCUT2D eigenvalue weighted by molar-refractivity contribution is 0.198. The Morgan fingerprint density at radius 3 is 1.38 bits per heavy atom. The van der Waals surface area contributed by atoms with Crippen LogP contribution in [0.5, 0.6) is 0 Å². The van der Waals surface area contributed by atoms with Crippen molar-refractivity contribution in [3.8, 4) is 0 Å². The summed E-state index contributed by atoms with van der Waals surface area (Å²) in [6.07, 6.45) is 2.56. The van der Waals surface area contributed by atoms with Gasteiger partial charge in [-0.05, 0) is 12.8 Å². The van der Waals surface area contributed by atoms with Gasteiger partial charge in [0.25, 0.3) is 0 Å². The molecular formula is C5H17O7P. The molecule has 0 aliphatic carbocycles. The van der Waals surface area contributed by atoms with Crippen LogP contribution in [0.25, 0.3) is 0 Å². The molecule has 1 saturated heterocycles. The van der Waals surface area contributed by atoms with Crippen LogP contribution < -0.4 is 0 Å². The molecule has 1 aliphatic heterocycles. The van der Waals surface area contributed by atoms with E-state index >= 15 is 0 Å². The minimum Gasteiger partial charge on any atom is -0.412 e. The van der Waals surface area contributed by atoms with Crippen LogP contribution in [0.2, 0.25) is 0 Å². The molecule has 0 saturated carbocycles. The highest BCUT2D eigenvalue weighted by Gasteiger charge is 2.00. The lowest BCUT2D eigenvalue weighted by Crippen LogP contribution is -1.74. The van der Waals surface area contributed by atoms with E-state index in [4.69, 9.17) is 29.1 Å². The molecule has 8 heteroatoms. The van der Waals surface area contributed by atoms with Crippen molar-refractivity contribution in [1.29, 1.82) is 0 Å². The summed E-state index contributed by atoms with van der Waals surface area (Å²) in [4.78, 5) is 21.6. The van der Waals surface area contributed by atoms with Crippen molar-refractivity contribution in [3.05, 3.63) is 0 Å². The molecule has 1 heterocycles. The highest BCUT2D eigenvalue weighted by Crippen LogP contribution is 2.25. The van der Waals surface area contributed by atoms with Gasteiger partial charge >= 0.3 is 7.82 Å². The van der Waals surface area contributed by atoms with E-state index in [0.717, 1.165) is 20.3 Å². The zero-order chi connectivity index (χ0) is 10.0. The minimum atomic E-state index is -4.64. The van der Waals surface area contributed by atoms with Gasteiger partial charge in [-0.25, -0.2) is 4.57 Å². The van der Waals surface area contributed by atoms with Crippen molar-refractivity contribution >= 4 is 7.82 Å². The Kier molecular flexibility index (Phi) is 17.3. The van der Waals surface area contributed by atoms with Gasteiger partial charge in [0.15, 0.2) is 0 Å². The van der Waals surface area contributed by atoms with Gasteiger partial charge in [0.2, 0.25) is 0 Å². The fourth-order valence-electron chi connectivity index (χ4n) is 0.510. The summed E-state index contributed by atoms with van der Waals surface area (Å²) in [5.41, 5.74) is 0. The summed E-state index contributed by atoms with van der Waals surface area (Å²) in [6, 6.07) is 0. The van der Waals surface area contributed by atoms with E-state index in [1.807, 2.05) is 0 Å². The van der Waals surface area contributed by atoms with E-state index in [9.17, 15) is 0 Å². The molecule has 0 aromatic heterocycles. The van der Waals surface area contributed by atoms with Gasteiger partial charge < -0.3 is 30.0 Å². The molecule has 1 fully saturated rings. The maximum atomic E-state index is 8.88. The van der Waals surface area contributed by atoms with Crippen LogP contribution >= 0.6 is 7.82 Å². The predicted molar refractivity (Wildman–Crippen MR) is 46.1 cm³/mol. The van der Waals surface area contributed by atoms with E-state index < -0.39 is 7.82 Å². The number of hydrogen-bond donors (Lipinski definition) is 4. The maximum absolute atomic E-state index is 8.88. The minimum absolute atomic E-state index is 0. The summed E-state index contributed by atoms with van der Waals surface area (Å²) in [5, 5.41) is 7.00. The van der Waals surface area contributed by atoms with Gasteiger partial charge in [-0.2, -0.15) is 0 Å². The molecule has 13 heavy (non-hydrogen) atoms. The summed E-state index contributed by atoms with van der Waals surface area (Å²) in [6.45, 7) is 2.00. The van der Waals surface area contributed by atoms with Crippen LogP contribution in [-0.2, 0) is 9.30 Å². The Labute approximate surface area is 76.5 Å². The fourth-order valence-corrected chi connectivity index (χ4v) is 0.510. The normalized spacial score (nSPS) is 14.2. The van der Waals surface area contributed by atoms with E-state index in [2.05, 4.69) is 0 Å². The lowest BCUT2D eigenvalue weighted by atomic mass is 10.4. The summed E-state index contributed by atoms with van der Waals surface area (Å²) < 4.78 is 13.8. The molecule has 0 spiro atoms. The van der Waals surface area contributed by atoms with Crippen LogP contribution in [0.15, 0.2) is 0 Å². The van der Waals surface area contributed by atoms with Gasteiger partial charge in [-0.1, -0.05) is 0 Å². The van der Waals surface area contributed by atoms with Gasteiger partial charge in [0.1, 0.15) is 0 Å². The van der Waals surface area contributed by atoms with Crippen molar-refractivity contribution in [3.63, 3.8) is 0 Å². The molecule has 0 atom stereocenters. The molecule has 0 amide bonds. The molecule has 0 aromatic rings. The quantitative estimate of drug-likeness (QED) is 0.372. The topological polar surface area (TPSA) is 139 Å². The average molecular weight is 220 g/mol. The SMILES string of the molecule is C1CCOC1.CO.O.O=P(O)(O)O. The smallest absolute Gasteiger partial charge is 0.412 e. The van der Waals surface area contributed by atoms with Crippen LogP contribution in [-0.4, -0.2) is 45.6 Å². The maximum Gasteiger partial charge on any atom is 0.466 e. The van der Waals surface area contributed by atoms with Crippen LogP contribution in [0.3, 0.4) is 0 Å². The van der Waals surface area contributed by atoms with Crippen molar-refractivity contribution < 1.29 is 34.6 Å². The molecular weight excluding hydrogens is 203 g/mol. The second-order valence-corrected chi connectivity index (χ2v) is 2.86. The Hall–Kier alpha value is -0.0100. The van der Waals surface area contributed by atoms with Gasteiger partial charge in [0.05, 0.1) is 0 Å². The number of aliphatic hydroxyl groups excluding tert-OH is 1. The van der Waals surface area contributed by atoms with Gasteiger partial charge in [0, 0.05) is 20.3 Å². The molecule has 0 bridgehead atoms. The van der Waals surface area contributed by atoms with E-state index in [0.29, 0.717) is 0 Å². The molecule has 7 nitrogen and oxygen atoms in total. The summed E-state index contributed by atoms with van der Waals surface area (Å²) in [5.74, 6) is 0. The number of ether oxygens (including phenoxy) is 1. The first-order valence-corrected chi connectivity index (χ1v) is 4.87. The number of phosphoric acid groups is 1. The average Bonchev–Trinajstić information content (AvgIpc) is 2.41. The Balaban J connectivity index is -0.000000122. The second kappa shape index (κ2) is 12.0. The number of aliphatic hydroxyl groups is 1. The van der Waals surface area contributed by atoms with Crippen molar-refractivity contribution in [1.82, 2.24) is 0 Å². The Morgan fingerprint density at radius 2 is 1.31 bits per heavy atom. The highest BCUT2D eigenvalue weighted by molar-refractivity contribution is 7.45. The third-order valence-corrected chi connectivity index (χ3v) is 0.827. The molecule has 84 valence electrons. The van der Waals surface area contributed by atoms with Gasteiger partial charge in [-0.3, -0.25) is 0 Å². The molecule has 1 rings (SSSR count). The molecule has 0 unspecified atom stereocenters. The highest BCUT2D eigenvalue weighted by atomic mass is 31.2. The monoisotopic (exact) mass is 220 g/mol. The van der Waals surface area contributed by atoms with Crippen molar-refractivity contribution in [2.24, 2.45) is 0 Å². The first-order valence-electron chi connectivity index (χ1n) is 3.31. The third kappa shape index (κ3) is 48.1. The molecule has 1 aliphatic rings. The first-order chi connectivity index (χ1) is 5.50. The summed E-state index contributed by atoms with van der Waals surface area (Å²) in [7, 11) is -3.64. The van der Waals surface area contributed by atoms with E-state index in [-0.39, 0.29) is 5.48 Å². The van der Waals surface area contributed by atoms with Gasteiger partial charge in [-0.15, -0.1) is 0 Å². The van der Waals surface area contributed by atoms with Crippen molar-refractivity contribution in [2.45, 2.75) is 12.8 Å². The first kappa shape index (κ1) is 18.7. The van der Waals surface area contributed by atoms with Crippen molar-refractivity contribution in [2.75, 3.05) is 20.3 Å². The third-order valence-electron chi connectivity index (χ3n) is 0.827. The predicted octanol–water partition coefficient (Wildman–Crippen LogP) is -1.35. The van der Waals surface area contributed by atoms with Crippen LogP contribution in [0.1, 0.15) is 12.8 Å². The Morgan fingerprint density at radius 1 is 1.08 bits per heavy atom. The molecule has 0 aromatic carbocycles. The lowest BCUT2D eigenvalue weighted by Gasteiger charge is -1.82. The molecule has 0 radical (unpaired) electrons. The largest absolute Gasteiger partial charge is 0.466 e. The molecule has 6 N–H and O–H groups in total. The standard InChI is InChI=1S/C4H8O.CH4O.H3O4P.H2O/c1-2-4-5-3-1;1-2;1-5(2,3)4;/h1-4H2;2H,1H3;(H3,1,2,3,4);1H2. The fraction of sp³-hybridized carbons (Fsp3) is 1.00. The number of rotatable bonds is 0. The van der Waals surface area contributed by atoms with Crippen LogP contribution in [0.4, 0.5) is 0 Å². The zero-order valence-electron chi connectivity index (χ0n) is 7.38. The zero-order valence-corrected chi connectivity index (χ0v) is 8.28. The summed E-state index contributed by atoms with van der Waals surface area (Å²) >= 11 is 0. The van der Waals surface area contributed by atoms with E-state index in [1.54, 1.807) is 0 Å². The number of hydrogen-bond acceptors (Lipinski definition) is 3. The van der Waals surface area contributed by atoms with E-state index in [1.165, 1.54) is 12.8 Å². The van der Waals surface area contributed by atoms with Crippen LogP contribution in [0, 0.1) is 0 Å². The Bertz CT molecular complexity index is 102. The second-order valence-electron chi connectivity index (χ2n) is 1.83.